The van der Waals surface area contributed by atoms with Crippen LogP contribution in [0, 0.1) is 5.92 Å². The Morgan fingerprint density at radius 2 is 1.97 bits per heavy atom. The lowest BCUT2D eigenvalue weighted by Gasteiger charge is -2.37. The molecule has 2 aliphatic rings. The van der Waals surface area contributed by atoms with Gasteiger partial charge in [-0.05, 0) is 60.1 Å². The van der Waals surface area contributed by atoms with Crippen LogP contribution in [0.5, 0.6) is 0 Å². The van der Waals surface area contributed by atoms with Crippen molar-refractivity contribution in [3.05, 3.63) is 71.0 Å². The van der Waals surface area contributed by atoms with Crippen LogP contribution < -0.4 is 0 Å². The molecule has 1 heterocycles. The predicted octanol–water partition coefficient (Wildman–Crippen LogP) is 4.09. The van der Waals surface area contributed by atoms with E-state index in [1.54, 1.807) is 6.08 Å². The van der Waals surface area contributed by atoms with E-state index in [1.165, 1.54) is 22.3 Å². The summed E-state index contributed by atoms with van der Waals surface area (Å²) < 4.78 is 11.5. The Hall–Kier alpha value is -2.63. The molecule has 2 aromatic carbocycles. The number of allylic oxidation sites excluding steroid dienone is 1. The Morgan fingerprint density at radius 1 is 1.17 bits per heavy atom. The van der Waals surface area contributed by atoms with Crippen LogP contribution in [0.2, 0.25) is 0 Å². The third-order valence-electron chi connectivity index (χ3n) is 5.87. The maximum Gasteiger partial charge on any atom is 0.370 e. The molecule has 1 aliphatic carbocycles. The SMILES string of the molecule is CCO[C@H]1OC(C(=O)O)=C[C@@H](c2cccc3c2Cc2ccccc2-3)[C@H]1CCCO. The fourth-order valence-corrected chi connectivity index (χ4v) is 4.61. The van der Waals surface area contributed by atoms with E-state index in [0.717, 1.165) is 12.0 Å². The van der Waals surface area contributed by atoms with Gasteiger partial charge >= 0.3 is 5.97 Å². The van der Waals surface area contributed by atoms with Gasteiger partial charge in [-0.1, -0.05) is 42.5 Å². The molecule has 0 radical (unpaired) electrons. The lowest BCUT2D eigenvalue weighted by atomic mass is 9.78. The maximum atomic E-state index is 11.7. The fourth-order valence-electron chi connectivity index (χ4n) is 4.61. The molecule has 0 unspecified atom stereocenters. The zero-order valence-electron chi connectivity index (χ0n) is 16.5. The number of ether oxygens (including phenoxy) is 2. The second-order valence-corrected chi connectivity index (χ2v) is 7.54. The molecule has 0 saturated heterocycles. The molecule has 1 aliphatic heterocycles. The molecule has 0 aromatic heterocycles. The minimum absolute atomic E-state index is 0.0678. The summed E-state index contributed by atoms with van der Waals surface area (Å²) in [5, 5.41) is 19.0. The van der Waals surface area contributed by atoms with Crippen molar-refractivity contribution < 1.29 is 24.5 Å². The summed E-state index contributed by atoms with van der Waals surface area (Å²) in [5.74, 6) is -1.37. The molecule has 152 valence electrons. The van der Waals surface area contributed by atoms with Crippen molar-refractivity contribution in [2.45, 2.75) is 38.4 Å². The number of carboxylic acid groups (broad SMARTS) is 1. The van der Waals surface area contributed by atoms with Crippen LogP contribution in [-0.4, -0.2) is 35.7 Å². The number of aliphatic hydroxyl groups excluding tert-OH is 1. The van der Waals surface area contributed by atoms with Crippen molar-refractivity contribution in [3.8, 4) is 11.1 Å². The van der Waals surface area contributed by atoms with Gasteiger partial charge in [-0.15, -0.1) is 0 Å². The summed E-state index contributed by atoms with van der Waals surface area (Å²) in [6, 6.07) is 14.6. The Morgan fingerprint density at radius 3 is 2.72 bits per heavy atom. The zero-order valence-corrected chi connectivity index (χ0v) is 16.5. The average molecular weight is 394 g/mol. The summed E-state index contributed by atoms with van der Waals surface area (Å²) in [5.41, 5.74) is 6.10. The number of hydrogen-bond donors (Lipinski definition) is 2. The first-order valence-corrected chi connectivity index (χ1v) is 10.2. The summed E-state index contributed by atoms with van der Waals surface area (Å²) in [4.78, 5) is 11.7. The smallest absolute Gasteiger partial charge is 0.370 e. The summed E-state index contributed by atoms with van der Waals surface area (Å²) in [6.45, 7) is 2.38. The molecule has 29 heavy (non-hydrogen) atoms. The van der Waals surface area contributed by atoms with Crippen LogP contribution in [0.1, 0.15) is 42.4 Å². The molecule has 0 bridgehead atoms. The molecular formula is C24H26O5. The van der Waals surface area contributed by atoms with Gasteiger partial charge in [0.2, 0.25) is 12.0 Å². The standard InChI is InChI=1S/C24H26O5/c1-2-28-24-19(11-6-12-25)21(14-22(29-24)23(26)27)18-10-5-9-17-16-8-4-3-7-15(16)13-20(17)18/h3-5,7-10,14,19,21,24-25H,2,6,11-13H2,1H3,(H,26,27)/t19-,21+,24+/m1/s1. The van der Waals surface area contributed by atoms with E-state index in [-0.39, 0.29) is 24.2 Å². The highest BCUT2D eigenvalue weighted by Gasteiger charge is 2.39. The normalized spacial score (nSPS) is 22.4. The number of hydrogen-bond acceptors (Lipinski definition) is 4. The molecule has 0 fully saturated rings. The molecule has 0 saturated carbocycles. The average Bonchev–Trinajstić information content (AvgIpc) is 3.11. The van der Waals surface area contributed by atoms with E-state index >= 15 is 0 Å². The van der Waals surface area contributed by atoms with Crippen molar-refractivity contribution in [3.63, 3.8) is 0 Å². The number of benzene rings is 2. The van der Waals surface area contributed by atoms with Crippen LogP contribution in [0.3, 0.4) is 0 Å². The molecule has 5 nitrogen and oxygen atoms in total. The number of rotatable bonds is 7. The van der Waals surface area contributed by atoms with Crippen LogP contribution in [0.4, 0.5) is 0 Å². The monoisotopic (exact) mass is 394 g/mol. The van der Waals surface area contributed by atoms with Crippen molar-refractivity contribution in [1.82, 2.24) is 0 Å². The largest absolute Gasteiger partial charge is 0.475 e. The molecule has 0 spiro atoms. The minimum atomic E-state index is -1.09. The molecule has 2 aromatic rings. The Kier molecular flexibility index (Phi) is 5.69. The quantitative estimate of drug-likeness (QED) is 0.631. The number of aliphatic carboxylic acids is 1. The van der Waals surface area contributed by atoms with Crippen LogP contribution >= 0.6 is 0 Å². The van der Waals surface area contributed by atoms with E-state index in [4.69, 9.17) is 9.47 Å². The van der Waals surface area contributed by atoms with Crippen molar-refractivity contribution >= 4 is 5.97 Å². The van der Waals surface area contributed by atoms with Gasteiger partial charge < -0.3 is 19.7 Å². The van der Waals surface area contributed by atoms with Crippen LogP contribution in [0.25, 0.3) is 11.1 Å². The van der Waals surface area contributed by atoms with Crippen molar-refractivity contribution in [2.24, 2.45) is 5.92 Å². The lowest BCUT2D eigenvalue weighted by molar-refractivity contribution is -0.173. The second kappa shape index (κ2) is 8.39. The van der Waals surface area contributed by atoms with Gasteiger partial charge in [0.05, 0.1) is 0 Å². The lowest BCUT2D eigenvalue weighted by Crippen LogP contribution is -2.36. The highest BCUT2D eigenvalue weighted by atomic mass is 16.7. The Bertz CT molecular complexity index is 933. The second-order valence-electron chi connectivity index (χ2n) is 7.54. The number of carbonyl (C=O) groups is 1. The van der Waals surface area contributed by atoms with E-state index in [2.05, 4.69) is 30.3 Å². The summed E-state index contributed by atoms with van der Waals surface area (Å²) in [6.07, 6.45) is 3.21. The van der Waals surface area contributed by atoms with Crippen LogP contribution in [0.15, 0.2) is 54.3 Å². The van der Waals surface area contributed by atoms with Gasteiger partial charge in [-0.2, -0.15) is 0 Å². The predicted molar refractivity (Wildman–Crippen MR) is 109 cm³/mol. The van der Waals surface area contributed by atoms with Crippen molar-refractivity contribution in [2.75, 3.05) is 13.2 Å². The van der Waals surface area contributed by atoms with Crippen LogP contribution in [-0.2, 0) is 20.7 Å². The first kappa shape index (κ1) is 19.7. The highest BCUT2D eigenvalue weighted by Crippen LogP contribution is 2.45. The Labute approximate surface area is 170 Å². The van der Waals surface area contributed by atoms with Gasteiger partial charge in [0.1, 0.15) is 0 Å². The number of carboxylic acids is 1. The van der Waals surface area contributed by atoms with E-state index < -0.39 is 12.3 Å². The fraction of sp³-hybridized carbons (Fsp3) is 0.375. The molecule has 4 rings (SSSR count). The molecule has 2 N–H and O–H groups in total. The summed E-state index contributed by atoms with van der Waals surface area (Å²) >= 11 is 0. The van der Waals surface area contributed by atoms with E-state index in [1.807, 2.05) is 19.1 Å². The third kappa shape index (κ3) is 3.68. The van der Waals surface area contributed by atoms with Gasteiger partial charge in [0.15, 0.2) is 0 Å². The number of fused-ring (bicyclic) bond motifs is 3. The van der Waals surface area contributed by atoms with Gasteiger partial charge in [-0.25, -0.2) is 4.79 Å². The first-order chi connectivity index (χ1) is 14.1. The summed E-state index contributed by atoms with van der Waals surface area (Å²) in [7, 11) is 0. The maximum absolute atomic E-state index is 11.7. The van der Waals surface area contributed by atoms with Gasteiger partial charge in [0.25, 0.3) is 0 Å². The van der Waals surface area contributed by atoms with Crippen molar-refractivity contribution in [1.29, 1.82) is 0 Å². The molecule has 5 heteroatoms. The topological polar surface area (TPSA) is 76.0 Å². The third-order valence-corrected chi connectivity index (χ3v) is 5.87. The van der Waals surface area contributed by atoms with Gasteiger partial charge in [-0.3, -0.25) is 0 Å². The zero-order chi connectivity index (χ0) is 20.4. The highest BCUT2D eigenvalue weighted by molar-refractivity contribution is 5.85. The van der Waals surface area contributed by atoms with Gasteiger partial charge in [0, 0.05) is 25.0 Å². The molecule has 3 atom stereocenters. The molecular weight excluding hydrogens is 368 g/mol. The minimum Gasteiger partial charge on any atom is -0.475 e. The Balaban J connectivity index is 1.80. The van der Waals surface area contributed by atoms with E-state index in [9.17, 15) is 15.0 Å². The molecule has 0 amide bonds. The first-order valence-electron chi connectivity index (χ1n) is 10.2. The number of aliphatic hydroxyl groups is 1. The van der Waals surface area contributed by atoms with E-state index in [0.29, 0.717) is 19.4 Å².